The zero-order valence-electron chi connectivity index (χ0n) is 6.23. The lowest BCUT2D eigenvalue weighted by atomic mass is 10.1. The molecule has 0 saturated heterocycles. The van der Waals surface area contributed by atoms with Crippen molar-refractivity contribution in [2.45, 2.75) is 26.2 Å². The molecule has 1 heterocycles. The molecular formula is C8H11BrS. The molecule has 0 N–H and O–H groups in total. The summed E-state index contributed by atoms with van der Waals surface area (Å²) in [6.45, 7) is 4.48. The lowest BCUT2D eigenvalue weighted by molar-refractivity contribution is 0.748. The third kappa shape index (κ3) is 1.83. The summed E-state index contributed by atoms with van der Waals surface area (Å²) in [5.41, 5.74) is 0. The molecule has 0 aliphatic carbocycles. The van der Waals surface area contributed by atoms with E-state index in [1.807, 2.05) is 11.3 Å². The first-order chi connectivity index (χ1) is 4.74. The predicted octanol–water partition coefficient (Wildman–Crippen LogP) is 4.02. The Morgan fingerprint density at radius 2 is 2.40 bits per heavy atom. The van der Waals surface area contributed by atoms with E-state index in [0.717, 1.165) is 5.92 Å². The summed E-state index contributed by atoms with van der Waals surface area (Å²) in [5, 5.41) is 2.14. The van der Waals surface area contributed by atoms with Crippen LogP contribution in [0.25, 0.3) is 0 Å². The molecule has 0 spiro atoms. The lowest BCUT2D eigenvalue weighted by Crippen LogP contribution is -1.84. The van der Waals surface area contributed by atoms with Crippen LogP contribution in [0.4, 0.5) is 0 Å². The SMILES string of the molecule is CCC(C)c1cc(Br)cs1. The van der Waals surface area contributed by atoms with E-state index < -0.39 is 0 Å². The molecule has 1 atom stereocenters. The molecule has 0 fully saturated rings. The second-order valence-electron chi connectivity index (χ2n) is 2.48. The Morgan fingerprint density at radius 1 is 1.70 bits per heavy atom. The van der Waals surface area contributed by atoms with E-state index in [9.17, 15) is 0 Å². The summed E-state index contributed by atoms with van der Waals surface area (Å²) in [7, 11) is 0. The minimum Gasteiger partial charge on any atom is -0.147 e. The number of hydrogen-bond donors (Lipinski definition) is 0. The minimum absolute atomic E-state index is 0.719. The van der Waals surface area contributed by atoms with Crippen LogP contribution in [0.5, 0.6) is 0 Å². The van der Waals surface area contributed by atoms with Crippen molar-refractivity contribution in [2.75, 3.05) is 0 Å². The van der Waals surface area contributed by atoms with Crippen molar-refractivity contribution >= 4 is 27.3 Å². The molecule has 56 valence electrons. The van der Waals surface area contributed by atoms with Crippen molar-refractivity contribution in [2.24, 2.45) is 0 Å². The Hall–Kier alpha value is 0.180. The van der Waals surface area contributed by atoms with Gasteiger partial charge in [-0.15, -0.1) is 11.3 Å². The van der Waals surface area contributed by atoms with Gasteiger partial charge < -0.3 is 0 Å². The first-order valence-electron chi connectivity index (χ1n) is 3.48. The van der Waals surface area contributed by atoms with Gasteiger partial charge in [0.2, 0.25) is 0 Å². The van der Waals surface area contributed by atoms with Crippen LogP contribution >= 0.6 is 27.3 Å². The van der Waals surface area contributed by atoms with Crippen LogP contribution in [0, 0.1) is 0 Å². The van der Waals surface area contributed by atoms with Gasteiger partial charge in [0.25, 0.3) is 0 Å². The molecule has 0 bridgehead atoms. The molecule has 1 aromatic heterocycles. The van der Waals surface area contributed by atoms with Crippen LogP contribution in [-0.2, 0) is 0 Å². The van der Waals surface area contributed by atoms with Gasteiger partial charge in [-0.2, -0.15) is 0 Å². The van der Waals surface area contributed by atoms with Gasteiger partial charge >= 0.3 is 0 Å². The van der Waals surface area contributed by atoms with Crippen LogP contribution in [0.15, 0.2) is 15.9 Å². The van der Waals surface area contributed by atoms with Crippen LogP contribution in [0.3, 0.4) is 0 Å². The lowest BCUT2D eigenvalue weighted by Gasteiger charge is -2.02. The Kier molecular flexibility index (Phi) is 2.93. The van der Waals surface area contributed by atoms with Gasteiger partial charge in [0.1, 0.15) is 0 Å². The zero-order chi connectivity index (χ0) is 7.56. The van der Waals surface area contributed by atoms with Crippen molar-refractivity contribution in [3.05, 3.63) is 20.8 Å². The summed E-state index contributed by atoms with van der Waals surface area (Å²) in [5.74, 6) is 0.719. The number of thiophene rings is 1. The van der Waals surface area contributed by atoms with E-state index in [1.165, 1.54) is 15.8 Å². The van der Waals surface area contributed by atoms with Gasteiger partial charge in [-0.05, 0) is 34.3 Å². The Balaban J connectivity index is 2.74. The monoisotopic (exact) mass is 218 g/mol. The van der Waals surface area contributed by atoms with Crippen LogP contribution in [0.1, 0.15) is 31.1 Å². The van der Waals surface area contributed by atoms with Crippen molar-refractivity contribution in [3.8, 4) is 0 Å². The van der Waals surface area contributed by atoms with E-state index in [2.05, 4.69) is 41.2 Å². The van der Waals surface area contributed by atoms with Crippen LogP contribution in [-0.4, -0.2) is 0 Å². The first-order valence-corrected chi connectivity index (χ1v) is 5.15. The van der Waals surface area contributed by atoms with Crippen molar-refractivity contribution in [1.82, 2.24) is 0 Å². The molecular weight excluding hydrogens is 208 g/mol. The third-order valence-electron chi connectivity index (χ3n) is 1.69. The molecule has 0 amide bonds. The van der Waals surface area contributed by atoms with Crippen molar-refractivity contribution < 1.29 is 0 Å². The molecule has 0 aromatic carbocycles. The standard InChI is InChI=1S/C8H11BrS/c1-3-6(2)8-4-7(9)5-10-8/h4-6H,3H2,1-2H3. The van der Waals surface area contributed by atoms with Crippen LogP contribution in [0.2, 0.25) is 0 Å². The molecule has 0 nitrogen and oxygen atoms in total. The predicted molar refractivity (Wildman–Crippen MR) is 50.7 cm³/mol. The second kappa shape index (κ2) is 3.54. The average molecular weight is 219 g/mol. The molecule has 10 heavy (non-hydrogen) atoms. The topological polar surface area (TPSA) is 0 Å². The normalized spacial score (nSPS) is 13.5. The summed E-state index contributed by atoms with van der Waals surface area (Å²) in [4.78, 5) is 1.48. The quantitative estimate of drug-likeness (QED) is 0.704. The molecule has 0 radical (unpaired) electrons. The van der Waals surface area contributed by atoms with E-state index in [0.29, 0.717) is 0 Å². The summed E-state index contributed by atoms with van der Waals surface area (Å²) >= 11 is 5.28. The first kappa shape index (κ1) is 8.28. The Bertz CT molecular complexity index is 205. The fourth-order valence-electron chi connectivity index (χ4n) is 0.788. The van der Waals surface area contributed by atoms with Crippen molar-refractivity contribution in [3.63, 3.8) is 0 Å². The summed E-state index contributed by atoms with van der Waals surface area (Å²) in [6, 6.07) is 2.21. The highest BCUT2D eigenvalue weighted by Crippen LogP contribution is 2.28. The number of rotatable bonds is 2. The van der Waals surface area contributed by atoms with E-state index in [-0.39, 0.29) is 0 Å². The largest absolute Gasteiger partial charge is 0.147 e. The van der Waals surface area contributed by atoms with Gasteiger partial charge in [0, 0.05) is 14.7 Å². The maximum absolute atomic E-state index is 3.44. The van der Waals surface area contributed by atoms with Gasteiger partial charge in [0.15, 0.2) is 0 Å². The highest BCUT2D eigenvalue weighted by atomic mass is 79.9. The van der Waals surface area contributed by atoms with E-state index >= 15 is 0 Å². The molecule has 1 aromatic rings. The van der Waals surface area contributed by atoms with Gasteiger partial charge in [-0.1, -0.05) is 13.8 Å². The number of hydrogen-bond acceptors (Lipinski definition) is 1. The third-order valence-corrected chi connectivity index (χ3v) is 3.61. The van der Waals surface area contributed by atoms with Crippen LogP contribution < -0.4 is 0 Å². The van der Waals surface area contributed by atoms with Gasteiger partial charge in [-0.25, -0.2) is 0 Å². The molecule has 2 heteroatoms. The maximum atomic E-state index is 3.44. The summed E-state index contributed by atoms with van der Waals surface area (Å²) in [6.07, 6.45) is 1.23. The second-order valence-corrected chi connectivity index (χ2v) is 4.34. The fraction of sp³-hybridized carbons (Fsp3) is 0.500. The highest BCUT2D eigenvalue weighted by Gasteiger charge is 2.04. The van der Waals surface area contributed by atoms with Gasteiger partial charge in [0.05, 0.1) is 0 Å². The smallest absolute Gasteiger partial charge is 0.0285 e. The zero-order valence-corrected chi connectivity index (χ0v) is 8.63. The maximum Gasteiger partial charge on any atom is 0.0285 e. The molecule has 0 aliphatic rings. The molecule has 1 rings (SSSR count). The Labute approximate surface area is 74.4 Å². The van der Waals surface area contributed by atoms with Gasteiger partial charge in [-0.3, -0.25) is 0 Å². The number of halogens is 1. The molecule has 1 unspecified atom stereocenters. The summed E-state index contributed by atoms with van der Waals surface area (Å²) < 4.78 is 1.22. The molecule has 0 saturated carbocycles. The van der Waals surface area contributed by atoms with E-state index in [1.54, 1.807) is 0 Å². The van der Waals surface area contributed by atoms with Crippen molar-refractivity contribution in [1.29, 1.82) is 0 Å². The van der Waals surface area contributed by atoms with E-state index in [4.69, 9.17) is 0 Å². The average Bonchev–Trinajstić information content (AvgIpc) is 2.34. The molecule has 0 aliphatic heterocycles. The highest BCUT2D eigenvalue weighted by molar-refractivity contribution is 9.10. The minimum atomic E-state index is 0.719. The Morgan fingerprint density at radius 3 is 2.80 bits per heavy atom. The fourth-order valence-corrected chi connectivity index (χ4v) is 2.38.